The number of allylic oxidation sites excluding steroid dienone is 4. The molecule has 0 aromatic rings. The number of ether oxygens (including phenoxy) is 1. The van der Waals surface area contributed by atoms with Gasteiger partial charge in [0, 0.05) is 12.3 Å². The Labute approximate surface area is 140 Å². The molecule has 4 aliphatic rings. The van der Waals surface area contributed by atoms with Crippen molar-refractivity contribution in [2.24, 2.45) is 23.2 Å². The largest absolute Gasteiger partial charge is 0.462 e. The van der Waals surface area contributed by atoms with Gasteiger partial charge in [0.15, 0.2) is 0 Å². The first-order valence-corrected chi connectivity index (χ1v) is 9.59. The van der Waals surface area contributed by atoms with Gasteiger partial charge in [-0.3, -0.25) is 4.79 Å². The zero-order valence-corrected chi connectivity index (χ0v) is 14.9. The van der Waals surface area contributed by atoms with Crippen molar-refractivity contribution in [1.29, 1.82) is 0 Å². The molecule has 0 amide bonds. The molecule has 1 saturated carbocycles. The molecular formula is C21H30O2. The van der Waals surface area contributed by atoms with Crippen LogP contribution in [0.25, 0.3) is 0 Å². The summed E-state index contributed by atoms with van der Waals surface area (Å²) in [6.07, 6.45) is 13.0. The number of rotatable bonds is 1. The van der Waals surface area contributed by atoms with Crippen LogP contribution >= 0.6 is 0 Å². The lowest BCUT2D eigenvalue weighted by Gasteiger charge is -2.47. The van der Waals surface area contributed by atoms with Gasteiger partial charge >= 0.3 is 5.97 Å². The lowest BCUT2D eigenvalue weighted by molar-refractivity contribution is -0.155. The van der Waals surface area contributed by atoms with Crippen LogP contribution in [0.5, 0.6) is 0 Å². The summed E-state index contributed by atoms with van der Waals surface area (Å²) in [5, 5.41) is 0. The maximum Gasteiger partial charge on any atom is 0.302 e. The molecule has 0 unspecified atom stereocenters. The molecule has 0 aromatic heterocycles. The minimum absolute atomic E-state index is 0.101. The zero-order chi connectivity index (χ0) is 16.2. The van der Waals surface area contributed by atoms with Crippen molar-refractivity contribution in [3.8, 4) is 0 Å². The van der Waals surface area contributed by atoms with Crippen LogP contribution in [0.1, 0.15) is 72.1 Å². The van der Waals surface area contributed by atoms with Crippen LogP contribution in [-0.2, 0) is 9.53 Å². The van der Waals surface area contributed by atoms with E-state index < -0.39 is 0 Å². The van der Waals surface area contributed by atoms with Gasteiger partial charge < -0.3 is 4.74 Å². The molecule has 1 fully saturated rings. The summed E-state index contributed by atoms with van der Waals surface area (Å²) < 4.78 is 5.80. The minimum Gasteiger partial charge on any atom is -0.462 e. The second kappa shape index (κ2) is 5.50. The molecule has 0 aliphatic heterocycles. The van der Waals surface area contributed by atoms with Crippen molar-refractivity contribution < 1.29 is 9.53 Å². The smallest absolute Gasteiger partial charge is 0.302 e. The number of carbonyl (C=O) groups is 1. The van der Waals surface area contributed by atoms with Gasteiger partial charge in [-0.25, -0.2) is 0 Å². The van der Waals surface area contributed by atoms with Gasteiger partial charge in [-0.1, -0.05) is 25.5 Å². The van der Waals surface area contributed by atoms with Crippen molar-refractivity contribution in [2.45, 2.75) is 78.2 Å². The first-order chi connectivity index (χ1) is 11.0. The predicted molar refractivity (Wildman–Crippen MR) is 91.9 cm³/mol. The fourth-order valence-electron chi connectivity index (χ4n) is 6.30. The lowest BCUT2D eigenvalue weighted by atomic mass is 9.58. The Balaban J connectivity index is 1.68. The number of esters is 1. The third kappa shape index (κ3) is 2.32. The first kappa shape index (κ1) is 15.5. The lowest BCUT2D eigenvalue weighted by Crippen LogP contribution is -2.43. The summed E-state index contributed by atoms with van der Waals surface area (Å²) >= 11 is 0. The quantitative estimate of drug-likeness (QED) is 0.622. The van der Waals surface area contributed by atoms with Gasteiger partial charge in [0.05, 0.1) is 0 Å². The second-order valence-corrected chi connectivity index (χ2v) is 8.65. The third-order valence-corrected chi connectivity index (χ3v) is 7.27. The van der Waals surface area contributed by atoms with E-state index in [1.54, 1.807) is 23.6 Å². The number of hydrogen-bond acceptors (Lipinski definition) is 2. The Morgan fingerprint density at radius 1 is 1.26 bits per heavy atom. The van der Waals surface area contributed by atoms with Gasteiger partial charge in [-0.05, 0) is 80.3 Å². The summed E-state index contributed by atoms with van der Waals surface area (Å²) in [4.78, 5) is 11.6. The molecule has 0 heterocycles. The van der Waals surface area contributed by atoms with E-state index in [1.807, 2.05) is 0 Å². The van der Waals surface area contributed by atoms with E-state index >= 15 is 0 Å². The van der Waals surface area contributed by atoms with Crippen molar-refractivity contribution in [2.75, 3.05) is 0 Å². The zero-order valence-electron chi connectivity index (χ0n) is 14.9. The van der Waals surface area contributed by atoms with E-state index in [0.717, 1.165) is 6.42 Å². The Kier molecular flexibility index (Phi) is 3.70. The van der Waals surface area contributed by atoms with Gasteiger partial charge in [0.25, 0.3) is 0 Å². The average molecular weight is 314 g/mol. The summed E-state index contributed by atoms with van der Waals surface area (Å²) in [5.41, 5.74) is 5.35. The van der Waals surface area contributed by atoms with Crippen LogP contribution < -0.4 is 0 Å². The molecule has 0 aromatic carbocycles. The summed E-state index contributed by atoms with van der Waals surface area (Å²) in [6, 6.07) is 0. The maximum absolute atomic E-state index is 11.6. The molecule has 5 atom stereocenters. The van der Waals surface area contributed by atoms with E-state index in [4.69, 9.17) is 4.74 Å². The second-order valence-electron chi connectivity index (χ2n) is 8.65. The maximum atomic E-state index is 11.6. The monoisotopic (exact) mass is 314 g/mol. The van der Waals surface area contributed by atoms with Crippen LogP contribution in [0.15, 0.2) is 22.8 Å². The molecule has 0 bridgehead atoms. The standard InChI is InChI=1S/C21H30O2/c1-13-12-19-18-9-8-15-6-4-5-7-16(15)17(18)10-11-21(19,3)20(13)23-14(2)22/h10,13,18-20H,4-9,11-12H2,1-3H3/t13-,18-,19+,20+,21+/m1/s1. The van der Waals surface area contributed by atoms with Gasteiger partial charge in [-0.15, -0.1) is 0 Å². The van der Waals surface area contributed by atoms with Crippen LogP contribution in [0.2, 0.25) is 0 Å². The fraction of sp³-hybridized carbons (Fsp3) is 0.762. The molecule has 0 radical (unpaired) electrons. The Morgan fingerprint density at radius 2 is 2.04 bits per heavy atom. The molecule has 126 valence electrons. The Hall–Kier alpha value is -1.05. The van der Waals surface area contributed by atoms with Crippen molar-refractivity contribution in [3.63, 3.8) is 0 Å². The fourth-order valence-corrected chi connectivity index (χ4v) is 6.30. The highest BCUT2D eigenvalue weighted by molar-refractivity contribution is 5.66. The van der Waals surface area contributed by atoms with E-state index in [-0.39, 0.29) is 17.5 Å². The van der Waals surface area contributed by atoms with Gasteiger partial charge in [0.2, 0.25) is 0 Å². The molecule has 0 spiro atoms. The number of carbonyl (C=O) groups excluding carboxylic acids is 1. The van der Waals surface area contributed by atoms with Gasteiger partial charge in [-0.2, -0.15) is 0 Å². The Morgan fingerprint density at radius 3 is 2.83 bits per heavy atom. The minimum atomic E-state index is -0.112. The van der Waals surface area contributed by atoms with E-state index in [9.17, 15) is 4.79 Å². The molecule has 0 N–H and O–H groups in total. The molecule has 0 saturated heterocycles. The van der Waals surface area contributed by atoms with Crippen molar-refractivity contribution >= 4 is 5.97 Å². The number of hydrogen-bond donors (Lipinski definition) is 0. The summed E-state index contributed by atoms with van der Waals surface area (Å²) in [7, 11) is 0. The molecule has 4 rings (SSSR count). The summed E-state index contributed by atoms with van der Waals surface area (Å²) in [5.74, 6) is 1.79. The van der Waals surface area contributed by atoms with E-state index in [0.29, 0.717) is 17.8 Å². The molecule has 2 heteroatoms. The van der Waals surface area contributed by atoms with Crippen LogP contribution in [0, 0.1) is 23.2 Å². The van der Waals surface area contributed by atoms with Gasteiger partial charge in [0.1, 0.15) is 6.10 Å². The SMILES string of the molecule is CC(=O)O[C@H]1[C@H](C)C[C@H]2[C@@H]3CCC4=C(CCCC4)C3=CC[C@@]21C. The molecule has 4 aliphatic carbocycles. The highest BCUT2D eigenvalue weighted by Gasteiger charge is 2.56. The van der Waals surface area contributed by atoms with Crippen LogP contribution in [0.4, 0.5) is 0 Å². The van der Waals surface area contributed by atoms with Crippen LogP contribution in [0.3, 0.4) is 0 Å². The molecular weight excluding hydrogens is 284 g/mol. The predicted octanol–water partition coefficient (Wildman–Crippen LogP) is 5.19. The van der Waals surface area contributed by atoms with E-state index in [2.05, 4.69) is 19.9 Å². The van der Waals surface area contributed by atoms with Crippen molar-refractivity contribution in [1.82, 2.24) is 0 Å². The molecule has 2 nitrogen and oxygen atoms in total. The summed E-state index contributed by atoms with van der Waals surface area (Å²) in [6.45, 7) is 6.23. The first-order valence-electron chi connectivity index (χ1n) is 9.59. The topological polar surface area (TPSA) is 26.3 Å². The van der Waals surface area contributed by atoms with Crippen molar-refractivity contribution in [3.05, 3.63) is 22.8 Å². The third-order valence-electron chi connectivity index (χ3n) is 7.27. The molecule has 23 heavy (non-hydrogen) atoms. The highest BCUT2D eigenvalue weighted by Crippen LogP contribution is 2.61. The normalized spacial score (nSPS) is 42.5. The highest BCUT2D eigenvalue weighted by atomic mass is 16.5. The Bertz CT molecular complexity index is 585. The van der Waals surface area contributed by atoms with Crippen LogP contribution in [-0.4, -0.2) is 12.1 Å². The van der Waals surface area contributed by atoms with E-state index in [1.165, 1.54) is 44.9 Å². The number of fused-ring (bicyclic) bond motifs is 4. The average Bonchev–Trinajstić information content (AvgIpc) is 2.78.